The lowest BCUT2D eigenvalue weighted by molar-refractivity contribution is -0.388. The van der Waals surface area contributed by atoms with E-state index in [1.807, 2.05) is 0 Å². The number of ether oxygens (including phenoxy) is 1. The fraction of sp³-hybridized carbons (Fsp3) is 0.250. The van der Waals surface area contributed by atoms with E-state index in [1.54, 1.807) is 0 Å². The fourth-order valence-corrected chi connectivity index (χ4v) is 2.76. The highest BCUT2D eigenvalue weighted by Crippen LogP contribution is 2.55. The summed E-state index contributed by atoms with van der Waals surface area (Å²) in [6, 6.07) is -0.263. The van der Waals surface area contributed by atoms with Crippen LogP contribution >= 0.6 is 23.2 Å². The van der Waals surface area contributed by atoms with Crippen molar-refractivity contribution in [1.82, 2.24) is 0 Å². The number of benzene rings is 2. The first-order valence-electron chi connectivity index (χ1n) is 7.95. The Hall–Kier alpha value is -2.78. The Morgan fingerprint density at radius 1 is 0.697 bits per heavy atom. The smallest absolute Gasteiger partial charge is 0.289 e. The van der Waals surface area contributed by atoms with Crippen LogP contribution in [0.3, 0.4) is 0 Å². The van der Waals surface area contributed by atoms with E-state index in [0.717, 1.165) is 0 Å². The second-order valence-corrected chi connectivity index (χ2v) is 7.08. The number of hydrogen-bond donors (Lipinski definition) is 0. The average Bonchev–Trinajstić information content (AvgIpc) is 2.65. The highest BCUT2D eigenvalue weighted by Gasteiger charge is 2.68. The maximum Gasteiger partial charge on any atom is 0.384 e. The van der Waals surface area contributed by atoms with E-state index in [-0.39, 0.29) is 36.4 Å². The summed E-state index contributed by atoms with van der Waals surface area (Å²) >= 11 is 9.13. The molecule has 0 fully saturated rings. The van der Waals surface area contributed by atoms with Crippen molar-refractivity contribution in [2.24, 2.45) is 0 Å². The van der Waals surface area contributed by atoms with Gasteiger partial charge in [0.15, 0.2) is 0 Å². The van der Waals surface area contributed by atoms with Crippen LogP contribution in [0.15, 0.2) is 36.4 Å². The van der Waals surface area contributed by atoms with Crippen LogP contribution in [-0.2, 0) is 16.4 Å². The second-order valence-electron chi connectivity index (χ2n) is 6.13. The zero-order valence-corrected chi connectivity index (χ0v) is 16.7. The van der Waals surface area contributed by atoms with Gasteiger partial charge in [-0.3, -0.25) is 25.0 Å². The van der Waals surface area contributed by atoms with Gasteiger partial charge in [-0.25, -0.2) is 0 Å². The monoisotopic (exact) mass is 528 g/mol. The van der Waals surface area contributed by atoms with E-state index in [0.29, 0.717) is 0 Å². The minimum atomic E-state index is -5.46. The Morgan fingerprint density at radius 3 is 1.21 bits per heavy atom. The quantitative estimate of drug-likeness (QED) is 0.171. The first-order chi connectivity index (χ1) is 14.8. The molecule has 2 aromatic carbocycles. The molecule has 7 nitrogen and oxygen atoms in total. The lowest BCUT2D eigenvalue weighted by atomic mass is 10.0. The van der Waals surface area contributed by atoms with Crippen LogP contribution < -0.4 is 0 Å². The minimum absolute atomic E-state index is 0.0563. The van der Waals surface area contributed by atoms with Gasteiger partial charge in [-0.15, -0.1) is 0 Å². The normalized spacial score (nSPS) is 16.1. The van der Waals surface area contributed by atoms with Gasteiger partial charge < -0.3 is 0 Å². The number of hydrogen-bond acceptors (Lipinski definition) is 5. The van der Waals surface area contributed by atoms with Crippen LogP contribution in [0.5, 0.6) is 0 Å². The Morgan fingerprint density at radius 2 is 1.00 bits per heavy atom. The number of nitro benzene ring substituents is 2. The first-order valence-corrected chi connectivity index (χ1v) is 8.71. The van der Waals surface area contributed by atoms with Crippen molar-refractivity contribution in [1.29, 1.82) is 0 Å². The third-order valence-electron chi connectivity index (χ3n) is 4.04. The Labute approximate surface area is 186 Å². The summed E-state index contributed by atoms with van der Waals surface area (Å²) in [4.78, 5) is 18.6. The molecule has 33 heavy (non-hydrogen) atoms. The van der Waals surface area contributed by atoms with Crippen molar-refractivity contribution < 1.29 is 49.7 Å². The molecule has 2 unspecified atom stereocenters. The van der Waals surface area contributed by atoms with Crippen LogP contribution in [0.1, 0.15) is 11.1 Å². The third-order valence-corrected chi connectivity index (χ3v) is 4.53. The number of halogens is 10. The van der Waals surface area contributed by atoms with Crippen LogP contribution in [0.25, 0.3) is 0 Å². The van der Waals surface area contributed by atoms with Crippen LogP contribution in [0.4, 0.5) is 46.5 Å². The van der Waals surface area contributed by atoms with Crippen molar-refractivity contribution in [3.05, 3.63) is 79.4 Å². The van der Waals surface area contributed by atoms with Crippen molar-refractivity contribution >= 4 is 34.6 Å². The largest absolute Gasteiger partial charge is 0.384 e. The Bertz CT molecular complexity index is 1030. The lowest BCUT2D eigenvalue weighted by Gasteiger charge is -2.38. The molecule has 17 heteroatoms. The molecule has 0 saturated carbocycles. The van der Waals surface area contributed by atoms with Gasteiger partial charge >= 0.3 is 33.8 Å². The molecule has 0 aliphatic carbocycles. The van der Waals surface area contributed by atoms with Crippen molar-refractivity contribution in [2.75, 3.05) is 0 Å². The molecule has 0 aromatic heterocycles. The summed E-state index contributed by atoms with van der Waals surface area (Å²) < 4.78 is 118. The van der Waals surface area contributed by atoms with Gasteiger partial charge in [0, 0.05) is 23.3 Å². The van der Waals surface area contributed by atoms with E-state index >= 15 is 8.78 Å². The van der Waals surface area contributed by atoms with Gasteiger partial charge in [0.1, 0.15) is 0 Å². The van der Waals surface area contributed by atoms with Gasteiger partial charge in [-0.2, -0.15) is 35.1 Å². The molecule has 0 saturated heterocycles. The van der Waals surface area contributed by atoms with Gasteiger partial charge in [-0.05, 0) is 47.5 Å². The number of alkyl halides is 8. The molecule has 0 bridgehead atoms. The molecule has 2 aromatic rings. The van der Waals surface area contributed by atoms with E-state index < -0.39 is 66.5 Å². The zero-order valence-electron chi connectivity index (χ0n) is 15.2. The SMILES string of the molecule is O=[N+]([O-])c1ccc(C(F)(OC(F)(c2ccc([N+](=O)[O-])c(F)c2)C(F)(F)Cl)C(F)(F)Cl)cc1F. The molecule has 0 amide bonds. The maximum absolute atomic E-state index is 15.3. The number of rotatable bonds is 8. The van der Waals surface area contributed by atoms with Gasteiger partial charge in [0.05, 0.1) is 9.85 Å². The molecule has 0 N–H and O–H groups in total. The maximum atomic E-state index is 15.3. The predicted octanol–water partition coefficient (Wildman–Crippen LogP) is 6.41. The molecule has 0 spiro atoms. The third kappa shape index (κ3) is 4.79. The molecule has 0 aliphatic rings. The fourth-order valence-electron chi connectivity index (χ4n) is 2.46. The molecule has 180 valence electrons. The summed E-state index contributed by atoms with van der Waals surface area (Å²) in [5.41, 5.74) is -6.36. The average molecular weight is 529 g/mol. The van der Waals surface area contributed by atoms with Gasteiger partial charge in [-0.1, -0.05) is 0 Å². The summed E-state index contributed by atoms with van der Waals surface area (Å²) in [5.74, 6) is -14.3. The number of nitrogens with zero attached hydrogens (tertiary/aromatic N) is 2. The molecule has 2 atom stereocenters. The summed E-state index contributed by atoms with van der Waals surface area (Å²) in [5, 5.41) is 10.3. The van der Waals surface area contributed by atoms with Gasteiger partial charge in [0.25, 0.3) is 0 Å². The summed E-state index contributed by atoms with van der Waals surface area (Å²) in [7, 11) is 0. The molecular weight excluding hydrogens is 523 g/mol. The summed E-state index contributed by atoms with van der Waals surface area (Å²) in [6.45, 7) is 0. The predicted molar refractivity (Wildman–Crippen MR) is 94.4 cm³/mol. The first kappa shape index (κ1) is 26.5. The Balaban J connectivity index is 2.74. The van der Waals surface area contributed by atoms with E-state index in [9.17, 15) is 46.6 Å². The Kier molecular flexibility index (Phi) is 6.85. The lowest BCUT2D eigenvalue weighted by Crippen LogP contribution is -2.51. The topological polar surface area (TPSA) is 95.5 Å². The molecule has 0 heterocycles. The van der Waals surface area contributed by atoms with Crippen LogP contribution in [-0.4, -0.2) is 20.6 Å². The van der Waals surface area contributed by atoms with Crippen LogP contribution in [0.2, 0.25) is 0 Å². The van der Waals surface area contributed by atoms with Crippen molar-refractivity contribution in [3.63, 3.8) is 0 Å². The van der Waals surface area contributed by atoms with E-state index in [1.165, 1.54) is 0 Å². The van der Waals surface area contributed by atoms with Crippen LogP contribution in [0, 0.1) is 31.9 Å². The van der Waals surface area contributed by atoms with Crippen molar-refractivity contribution in [3.8, 4) is 0 Å². The van der Waals surface area contributed by atoms with E-state index in [2.05, 4.69) is 27.9 Å². The molecule has 0 aliphatic heterocycles. The zero-order chi connectivity index (χ0) is 25.6. The molecule has 0 radical (unpaired) electrons. The molecular formula is C16H6Cl2F8N2O5. The number of nitro groups is 2. The van der Waals surface area contributed by atoms with Gasteiger partial charge in [0.2, 0.25) is 11.6 Å². The standard InChI is InChI=1S/C16H6Cl2F8N2O5/c17-15(23,24)13(21,7-1-3-11(27(29)30)9(19)5-7)33-14(22,16(18,25)26)8-2-4-12(28(31)32)10(20)6-8/h1-6H. The molecule has 2 rings (SSSR count). The second kappa shape index (κ2) is 8.53. The highest BCUT2D eigenvalue weighted by molar-refractivity contribution is 6.23. The minimum Gasteiger partial charge on any atom is -0.289 e. The highest BCUT2D eigenvalue weighted by atomic mass is 35.5. The van der Waals surface area contributed by atoms with E-state index in [4.69, 9.17) is 0 Å². The van der Waals surface area contributed by atoms with Crippen molar-refractivity contribution in [2.45, 2.75) is 22.5 Å². The summed E-state index contributed by atoms with van der Waals surface area (Å²) in [6.07, 6.45) is 0.